The number of aryl methyl sites for hydroxylation is 1. The van der Waals surface area contributed by atoms with Crippen molar-refractivity contribution in [3.63, 3.8) is 0 Å². The normalized spacial score (nSPS) is 13.8. The van der Waals surface area contributed by atoms with Gasteiger partial charge in [0.05, 0.1) is 18.0 Å². The molecule has 9 heteroatoms. The number of ether oxygens (including phenoxy) is 1. The number of nitrogens with one attached hydrogen (secondary N) is 2. The average Bonchev–Trinajstić information content (AvgIpc) is 3.30. The van der Waals surface area contributed by atoms with Crippen LogP contribution in [0, 0.1) is 5.82 Å². The fraction of sp³-hybridized carbons (Fsp3) is 0.375. The van der Waals surface area contributed by atoms with E-state index in [9.17, 15) is 18.0 Å². The second-order valence-corrected chi connectivity index (χ2v) is 5.72. The summed E-state index contributed by atoms with van der Waals surface area (Å²) in [5.41, 5.74) is -0.254. The minimum absolute atomic E-state index is 0.0550. The summed E-state index contributed by atoms with van der Waals surface area (Å²) in [5, 5.41) is 8.41. The van der Waals surface area contributed by atoms with Gasteiger partial charge in [0.1, 0.15) is 5.69 Å². The SMILES string of the molecule is Cn1ncc(NC(=O)NCc2cccc(OC3CC3)c2F)c1C(F)F. The Labute approximate surface area is 142 Å². The van der Waals surface area contributed by atoms with Gasteiger partial charge >= 0.3 is 6.03 Å². The van der Waals surface area contributed by atoms with E-state index in [0.29, 0.717) is 0 Å². The van der Waals surface area contributed by atoms with Crippen LogP contribution in [-0.4, -0.2) is 21.9 Å². The molecule has 1 heterocycles. The standard InChI is InChI=1S/C16H17F3N4O2/c1-23-14(15(18)19)11(8-21-23)22-16(24)20-7-9-3-2-4-12(13(9)17)25-10-5-6-10/h2-4,8,10,15H,5-7H2,1H3,(H2,20,22,24). The number of aromatic nitrogens is 2. The number of amides is 2. The molecule has 6 nitrogen and oxygen atoms in total. The highest BCUT2D eigenvalue weighted by molar-refractivity contribution is 5.89. The van der Waals surface area contributed by atoms with E-state index >= 15 is 0 Å². The first-order valence-corrected chi connectivity index (χ1v) is 7.74. The van der Waals surface area contributed by atoms with Crippen LogP contribution < -0.4 is 15.4 Å². The Morgan fingerprint density at radius 3 is 2.88 bits per heavy atom. The molecule has 1 aliphatic carbocycles. The molecule has 0 bridgehead atoms. The number of rotatable bonds is 6. The Balaban J connectivity index is 1.61. The van der Waals surface area contributed by atoms with Crippen molar-refractivity contribution in [1.29, 1.82) is 0 Å². The van der Waals surface area contributed by atoms with Gasteiger partial charge in [-0.05, 0) is 18.9 Å². The van der Waals surface area contributed by atoms with Gasteiger partial charge < -0.3 is 15.4 Å². The lowest BCUT2D eigenvalue weighted by molar-refractivity contribution is 0.141. The van der Waals surface area contributed by atoms with Gasteiger partial charge in [-0.3, -0.25) is 4.68 Å². The Kier molecular flexibility index (Phi) is 4.82. The maximum atomic E-state index is 14.3. The molecule has 0 saturated heterocycles. The third-order valence-electron chi connectivity index (χ3n) is 3.74. The predicted molar refractivity (Wildman–Crippen MR) is 84.1 cm³/mol. The smallest absolute Gasteiger partial charge is 0.319 e. The van der Waals surface area contributed by atoms with E-state index < -0.39 is 24.0 Å². The summed E-state index contributed by atoms with van der Waals surface area (Å²) in [6, 6.07) is 3.94. The minimum atomic E-state index is -2.78. The lowest BCUT2D eigenvalue weighted by Gasteiger charge is -2.11. The second kappa shape index (κ2) is 7.04. The summed E-state index contributed by atoms with van der Waals surface area (Å²) < 4.78 is 46.6. The number of hydrogen-bond acceptors (Lipinski definition) is 3. The van der Waals surface area contributed by atoms with Crippen molar-refractivity contribution < 1.29 is 22.7 Å². The summed E-state index contributed by atoms with van der Waals surface area (Å²) >= 11 is 0. The van der Waals surface area contributed by atoms with Crippen molar-refractivity contribution in [1.82, 2.24) is 15.1 Å². The molecule has 134 valence electrons. The molecule has 0 atom stereocenters. The summed E-state index contributed by atoms with van der Waals surface area (Å²) in [4.78, 5) is 11.9. The summed E-state index contributed by atoms with van der Waals surface area (Å²) in [5.74, 6) is -0.390. The van der Waals surface area contributed by atoms with Gasteiger partial charge in [0.15, 0.2) is 11.6 Å². The Morgan fingerprint density at radius 1 is 1.44 bits per heavy atom. The van der Waals surface area contributed by atoms with Gasteiger partial charge in [0.2, 0.25) is 0 Å². The first-order chi connectivity index (χ1) is 12.0. The van der Waals surface area contributed by atoms with Crippen molar-refractivity contribution in [3.8, 4) is 5.75 Å². The summed E-state index contributed by atoms with van der Waals surface area (Å²) in [6.07, 6.45) is 0.214. The first kappa shape index (κ1) is 17.1. The molecule has 3 rings (SSSR count). The van der Waals surface area contributed by atoms with Crippen molar-refractivity contribution >= 4 is 11.7 Å². The van der Waals surface area contributed by atoms with Crippen molar-refractivity contribution in [2.45, 2.75) is 31.9 Å². The van der Waals surface area contributed by atoms with Crippen LogP contribution in [0.3, 0.4) is 0 Å². The molecule has 1 aliphatic rings. The summed E-state index contributed by atoms with van der Waals surface area (Å²) in [6.45, 7) is -0.107. The third kappa shape index (κ3) is 4.04. The van der Waals surface area contributed by atoms with Crippen LogP contribution >= 0.6 is 0 Å². The van der Waals surface area contributed by atoms with E-state index in [1.165, 1.54) is 19.2 Å². The molecule has 1 aromatic heterocycles. The van der Waals surface area contributed by atoms with Crippen molar-refractivity contribution in [3.05, 3.63) is 41.5 Å². The fourth-order valence-electron chi connectivity index (χ4n) is 2.29. The van der Waals surface area contributed by atoms with Crippen LogP contribution in [0.5, 0.6) is 5.75 Å². The number of carbonyl (C=O) groups excluding carboxylic acids is 1. The van der Waals surface area contributed by atoms with E-state index in [1.54, 1.807) is 6.07 Å². The lowest BCUT2D eigenvalue weighted by atomic mass is 10.2. The quantitative estimate of drug-likeness (QED) is 0.836. The van der Waals surface area contributed by atoms with E-state index in [-0.39, 0.29) is 29.6 Å². The monoisotopic (exact) mass is 354 g/mol. The Bertz CT molecular complexity index is 775. The van der Waals surface area contributed by atoms with Crippen LogP contribution in [0.1, 0.15) is 30.5 Å². The minimum Gasteiger partial charge on any atom is -0.487 e. The number of anilines is 1. The van der Waals surface area contributed by atoms with Gasteiger partial charge in [0.25, 0.3) is 6.43 Å². The molecule has 1 fully saturated rings. The topological polar surface area (TPSA) is 68.2 Å². The van der Waals surface area contributed by atoms with Crippen molar-refractivity contribution in [2.24, 2.45) is 7.05 Å². The van der Waals surface area contributed by atoms with Gasteiger partial charge in [-0.1, -0.05) is 12.1 Å². The van der Waals surface area contributed by atoms with E-state index in [4.69, 9.17) is 4.74 Å². The maximum absolute atomic E-state index is 14.3. The zero-order valence-corrected chi connectivity index (χ0v) is 13.4. The van der Waals surface area contributed by atoms with Gasteiger partial charge in [0, 0.05) is 19.2 Å². The van der Waals surface area contributed by atoms with Crippen LogP contribution in [-0.2, 0) is 13.6 Å². The molecule has 0 aliphatic heterocycles. The molecule has 1 aromatic carbocycles. The molecule has 2 aromatic rings. The molecule has 25 heavy (non-hydrogen) atoms. The molecule has 0 spiro atoms. The molecule has 1 saturated carbocycles. The second-order valence-electron chi connectivity index (χ2n) is 5.72. The average molecular weight is 354 g/mol. The highest BCUT2D eigenvalue weighted by Gasteiger charge is 2.25. The molecule has 0 unspecified atom stereocenters. The fourth-order valence-corrected chi connectivity index (χ4v) is 2.29. The molecular weight excluding hydrogens is 337 g/mol. The van der Waals surface area contributed by atoms with Gasteiger partial charge in [-0.2, -0.15) is 5.10 Å². The van der Waals surface area contributed by atoms with Crippen LogP contribution in [0.4, 0.5) is 23.7 Å². The number of hydrogen-bond donors (Lipinski definition) is 2. The Morgan fingerprint density at radius 2 is 2.20 bits per heavy atom. The van der Waals surface area contributed by atoms with E-state index in [1.807, 2.05) is 0 Å². The number of carbonyl (C=O) groups is 1. The highest BCUT2D eigenvalue weighted by atomic mass is 19.3. The number of benzene rings is 1. The van der Waals surface area contributed by atoms with E-state index in [0.717, 1.165) is 23.7 Å². The van der Waals surface area contributed by atoms with E-state index in [2.05, 4.69) is 15.7 Å². The zero-order chi connectivity index (χ0) is 18.0. The number of alkyl halides is 2. The number of halogens is 3. The lowest BCUT2D eigenvalue weighted by Crippen LogP contribution is -2.29. The maximum Gasteiger partial charge on any atom is 0.319 e. The number of nitrogens with zero attached hydrogens (tertiary/aromatic N) is 2. The van der Waals surface area contributed by atoms with Crippen LogP contribution in [0.15, 0.2) is 24.4 Å². The van der Waals surface area contributed by atoms with Crippen molar-refractivity contribution in [2.75, 3.05) is 5.32 Å². The first-order valence-electron chi connectivity index (χ1n) is 7.74. The van der Waals surface area contributed by atoms with Gasteiger partial charge in [-0.25, -0.2) is 18.0 Å². The molecule has 2 amide bonds. The zero-order valence-electron chi connectivity index (χ0n) is 13.4. The Hall–Kier alpha value is -2.71. The highest BCUT2D eigenvalue weighted by Crippen LogP contribution is 2.30. The van der Waals surface area contributed by atoms with Crippen LogP contribution in [0.25, 0.3) is 0 Å². The third-order valence-corrected chi connectivity index (χ3v) is 3.74. The summed E-state index contributed by atoms with van der Waals surface area (Å²) in [7, 11) is 1.35. The van der Waals surface area contributed by atoms with Crippen LogP contribution in [0.2, 0.25) is 0 Å². The van der Waals surface area contributed by atoms with Gasteiger partial charge in [-0.15, -0.1) is 0 Å². The predicted octanol–water partition coefficient (Wildman–Crippen LogP) is 3.36. The molecule has 0 radical (unpaired) electrons. The largest absolute Gasteiger partial charge is 0.487 e. The molecule has 2 N–H and O–H groups in total. The molecular formula is C16H17F3N4O2. The number of urea groups is 1.